The first-order valence-electron chi connectivity index (χ1n) is 7.64. The second-order valence-corrected chi connectivity index (χ2v) is 8.39. The zero-order chi connectivity index (χ0) is 19.3. The van der Waals surface area contributed by atoms with E-state index >= 15 is 0 Å². The molecule has 0 aliphatic rings. The van der Waals surface area contributed by atoms with Gasteiger partial charge in [-0.05, 0) is 32.4 Å². The second-order valence-electron chi connectivity index (χ2n) is 6.64. The standard InChI is InChI=1S/C16H25N3O5S/c1-16(2,3)24-15(21)19(4)11-14(20)17-10-12-8-6-7-9-13(12)18-25(5,22)23/h6-9,18H,10-11H2,1-5H3,(H,17,20). The highest BCUT2D eigenvalue weighted by Crippen LogP contribution is 2.16. The van der Waals surface area contributed by atoms with Gasteiger partial charge in [-0.25, -0.2) is 13.2 Å². The van der Waals surface area contributed by atoms with Gasteiger partial charge in [0.1, 0.15) is 12.1 Å². The van der Waals surface area contributed by atoms with Gasteiger partial charge in [0.15, 0.2) is 0 Å². The van der Waals surface area contributed by atoms with E-state index in [4.69, 9.17) is 4.74 Å². The third kappa shape index (κ3) is 8.39. The lowest BCUT2D eigenvalue weighted by Crippen LogP contribution is -2.40. The molecule has 0 aliphatic carbocycles. The molecule has 25 heavy (non-hydrogen) atoms. The summed E-state index contributed by atoms with van der Waals surface area (Å²) < 4.78 is 30.3. The Bertz CT molecular complexity index is 726. The van der Waals surface area contributed by atoms with Crippen molar-refractivity contribution in [2.75, 3.05) is 24.6 Å². The number of nitrogens with zero attached hydrogens (tertiary/aromatic N) is 1. The van der Waals surface area contributed by atoms with E-state index in [0.29, 0.717) is 11.3 Å². The first-order chi connectivity index (χ1) is 11.4. The third-order valence-corrected chi connectivity index (χ3v) is 3.47. The summed E-state index contributed by atoms with van der Waals surface area (Å²) >= 11 is 0. The molecule has 0 atom stereocenters. The molecule has 0 heterocycles. The predicted octanol–water partition coefficient (Wildman–Crippen LogP) is 1.54. The van der Waals surface area contributed by atoms with Gasteiger partial charge in [0.05, 0.1) is 11.9 Å². The molecule has 0 aromatic heterocycles. The molecule has 1 aromatic carbocycles. The van der Waals surface area contributed by atoms with Gasteiger partial charge in [-0.1, -0.05) is 18.2 Å². The third-order valence-electron chi connectivity index (χ3n) is 2.87. The molecule has 1 aromatic rings. The Morgan fingerprint density at radius 3 is 2.36 bits per heavy atom. The van der Waals surface area contributed by atoms with Crippen LogP contribution in [0.5, 0.6) is 0 Å². The lowest BCUT2D eigenvalue weighted by molar-refractivity contribution is -0.122. The highest BCUT2D eigenvalue weighted by atomic mass is 32.2. The molecule has 0 saturated heterocycles. The van der Waals surface area contributed by atoms with Crippen LogP contribution >= 0.6 is 0 Å². The van der Waals surface area contributed by atoms with Crippen LogP contribution in [-0.4, -0.2) is 50.8 Å². The number of anilines is 1. The molecule has 0 spiro atoms. The summed E-state index contributed by atoms with van der Waals surface area (Å²) in [6.07, 6.45) is 0.458. The van der Waals surface area contributed by atoms with E-state index < -0.39 is 21.7 Å². The highest BCUT2D eigenvalue weighted by Gasteiger charge is 2.21. The van der Waals surface area contributed by atoms with E-state index in [1.54, 1.807) is 45.0 Å². The van der Waals surface area contributed by atoms with Gasteiger partial charge in [-0.15, -0.1) is 0 Å². The normalized spacial score (nSPS) is 11.6. The minimum absolute atomic E-state index is 0.125. The SMILES string of the molecule is CN(CC(=O)NCc1ccccc1NS(C)(=O)=O)C(=O)OC(C)(C)C. The number of rotatable bonds is 6. The maximum Gasteiger partial charge on any atom is 0.410 e. The van der Waals surface area contributed by atoms with Gasteiger partial charge < -0.3 is 15.0 Å². The van der Waals surface area contributed by atoms with Crippen LogP contribution in [0.25, 0.3) is 0 Å². The number of nitrogens with one attached hydrogen (secondary N) is 2. The van der Waals surface area contributed by atoms with E-state index in [1.807, 2.05) is 0 Å². The van der Waals surface area contributed by atoms with E-state index in [1.165, 1.54) is 11.9 Å². The van der Waals surface area contributed by atoms with Crippen LogP contribution in [0.2, 0.25) is 0 Å². The molecule has 140 valence electrons. The lowest BCUT2D eigenvalue weighted by Gasteiger charge is -2.24. The quantitative estimate of drug-likeness (QED) is 0.789. The molecule has 0 saturated carbocycles. The van der Waals surface area contributed by atoms with Crippen LogP contribution in [0.3, 0.4) is 0 Å². The molecular formula is C16H25N3O5S. The van der Waals surface area contributed by atoms with Crippen molar-refractivity contribution in [2.45, 2.75) is 32.9 Å². The van der Waals surface area contributed by atoms with Crippen molar-refractivity contribution in [3.8, 4) is 0 Å². The smallest absolute Gasteiger partial charge is 0.410 e. The molecule has 0 aliphatic heterocycles. The fourth-order valence-electron chi connectivity index (χ4n) is 1.84. The van der Waals surface area contributed by atoms with Gasteiger partial charge in [0.2, 0.25) is 15.9 Å². The first-order valence-corrected chi connectivity index (χ1v) is 9.53. The average Bonchev–Trinajstić information content (AvgIpc) is 2.42. The van der Waals surface area contributed by atoms with Crippen LogP contribution in [0.1, 0.15) is 26.3 Å². The number of carbonyl (C=O) groups is 2. The van der Waals surface area contributed by atoms with Crippen LogP contribution in [0, 0.1) is 0 Å². The van der Waals surface area contributed by atoms with Crippen molar-refractivity contribution in [2.24, 2.45) is 0 Å². The maximum atomic E-state index is 12.0. The Labute approximate surface area is 148 Å². The van der Waals surface area contributed by atoms with Gasteiger partial charge in [0, 0.05) is 13.6 Å². The summed E-state index contributed by atoms with van der Waals surface area (Å²) in [7, 11) is -1.95. The Balaban J connectivity index is 2.61. The molecule has 8 nitrogen and oxygen atoms in total. The fraction of sp³-hybridized carbons (Fsp3) is 0.500. The molecule has 0 radical (unpaired) electrons. The molecular weight excluding hydrogens is 346 g/mol. The van der Waals surface area contributed by atoms with Crippen molar-refractivity contribution in [1.82, 2.24) is 10.2 Å². The molecule has 9 heteroatoms. The number of amides is 2. The van der Waals surface area contributed by atoms with Gasteiger partial charge in [-0.3, -0.25) is 9.52 Å². The minimum atomic E-state index is -3.42. The predicted molar refractivity (Wildman–Crippen MR) is 95.6 cm³/mol. The number of sulfonamides is 1. The summed E-state index contributed by atoms with van der Waals surface area (Å²) in [6.45, 7) is 5.18. The molecule has 0 fully saturated rings. The summed E-state index contributed by atoms with van der Waals surface area (Å²) in [6, 6.07) is 6.73. The van der Waals surface area contributed by atoms with Gasteiger partial charge in [-0.2, -0.15) is 0 Å². The Morgan fingerprint density at radius 2 is 1.80 bits per heavy atom. The Hall–Kier alpha value is -2.29. The van der Waals surface area contributed by atoms with E-state index in [9.17, 15) is 18.0 Å². The summed E-state index contributed by atoms with van der Waals surface area (Å²) in [5, 5.41) is 2.65. The Kier molecular flexibility index (Phi) is 6.80. The largest absolute Gasteiger partial charge is 0.444 e. The number of para-hydroxylation sites is 1. The average molecular weight is 371 g/mol. The van der Waals surface area contributed by atoms with E-state index in [-0.39, 0.29) is 19.0 Å². The Morgan fingerprint density at radius 1 is 1.20 bits per heavy atom. The molecule has 2 N–H and O–H groups in total. The van der Waals surface area contributed by atoms with E-state index in [2.05, 4.69) is 10.0 Å². The summed E-state index contributed by atoms with van der Waals surface area (Å²) in [4.78, 5) is 25.0. The first kappa shape index (κ1) is 20.8. The van der Waals surface area contributed by atoms with Gasteiger partial charge in [0.25, 0.3) is 0 Å². The topological polar surface area (TPSA) is 105 Å². The second kappa shape index (κ2) is 8.19. The molecule has 0 unspecified atom stereocenters. The summed E-state index contributed by atoms with van der Waals surface area (Å²) in [5.74, 6) is -0.387. The number of benzene rings is 1. The van der Waals surface area contributed by atoms with Crippen LogP contribution in [0.4, 0.5) is 10.5 Å². The van der Waals surface area contributed by atoms with Crippen molar-refractivity contribution < 1.29 is 22.7 Å². The number of ether oxygens (including phenoxy) is 1. The minimum Gasteiger partial charge on any atom is -0.444 e. The van der Waals surface area contributed by atoms with E-state index in [0.717, 1.165) is 6.26 Å². The molecule has 1 rings (SSSR count). The number of carbonyl (C=O) groups excluding carboxylic acids is 2. The highest BCUT2D eigenvalue weighted by molar-refractivity contribution is 7.92. The zero-order valence-corrected chi connectivity index (χ0v) is 15.9. The monoisotopic (exact) mass is 371 g/mol. The zero-order valence-electron chi connectivity index (χ0n) is 15.1. The number of hydrogen-bond acceptors (Lipinski definition) is 5. The van der Waals surface area contributed by atoms with Crippen molar-refractivity contribution >= 4 is 27.7 Å². The maximum absolute atomic E-state index is 12.0. The van der Waals surface area contributed by atoms with Crippen LogP contribution in [0.15, 0.2) is 24.3 Å². The van der Waals surface area contributed by atoms with Crippen molar-refractivity contribution in [3.63, 3.8) is 0 Å². The number of hydrogen-bond donors (Lipinski definition) is 2. The van der Waals surface area contributed by atoms with Crippen molar-refractivity contribution in [1.29, 1.82) is 0 Å². The number of likely N-dealkylation sites (N-methyl/N-ethyl adjacent to an activating group) is 1. The fourth-order valence-corrected chi connectivity index (χ4v) is 2.44. The lowest BCUT2D eigenvalue weighted by atomic mass is 10.2. The summed E-state index contributed by atoms with van der Waals surface area (Å²) in [5.41, 5.74) is 0.366. The van der Waals surface area contributed by atoms with Crippen LogP contribution in [-0.2, 0) is 26.1 Å². The molecule has 0 bridgehead atoms. The molecule has 2 amide bonds. The van der Waals surface area contributed by atoms with Crippen molar-refractivity contribution in [3.05, 3.63) is 29.8 Å². The van der Waals surface area contributed by atoms with Crippen LogP contribution < -0.4 is 10.0 Å². The van der Waals surface area contributed by atoms with Gasteiger partial charge >= 0.3 is 6.09 Å².